The third-order valence-corrected chi connectivity index (χ3v) is 3.15. The van der Waals surface area contributed by atoms with Crippen LogP contribution in [-0.4, -0.2) is 15.0 Å². The molecular formula is C15H10BrN3. The number of rotatable bonds is 2. The quantitative estimate of drug-likeness (QED) is 0.672. The molecule has 3 aromatic rings. The van der Waals surface area contributed by atoms with Gasteiger partial charge >= 0.3 is 0 Å². The zero-order valence-electron chi connectivity index (χ0n) is 9.99. The van der Waals surface area contributed by atoms with Crippen molar-refractivity contribution in [3.05, 3.63) is 65.8 Å². The van der Waals surface area contributed by atoms with Crippen molar-refractivity contribution >= 4 is 15.9 Å². The first-order valence-corrected chi connectivity index (χ1v) is 6.60. The number of pyridine rings is 3. The topological polar surface area (TPSA) is 38.7 Å². The maximum absolute atomic E-state index is 4.49. The molecule has 0 aliphatic heterocycles. The minimum atomic E-state index is 0.799. The van der Waals surface area contributed by atoms with E-state index in [1.54, 1.807) is 12.4 Å². The Hall–Kier alpha value is -2.07. The summed E-state index contributed by atoms with van der Waals surface area (Å²) in [6.45, 7) is 0. The van der Waals surface area contributed by atoms with E-state index in [4.69, 9.17) is 0 Å². The fourth-order valence-corrected chi connectivity index (χ4v) is 2.30. The van der Waals surface area contributed by atoms with Gasteiger partial charge in [0.05, 0.1) is 5.69 Å². The Morgan fingerprint density at radius 3 is 2.11 bits per heavy atom. The number of halogens is 1. The van der Waals surface area contributed by atoms with E-state index in [0.717, 1.165) is 27.0 Å². The zero-order chi connectivity index (χ0) is 13.1. The van der Waals surface area contributed by atoms with Crippen LogP contribution in [0.1, 0.15) is 0 Å². The second-order valence-electron chi connectivity index (χ2n) is 4.05. The van der Waals surface area contributed by atoms with Gasteiger partial charge in [0.15, 0.2) is 0 Å². The van der Waals surface area contributed by atoms with Crippen molar-refractivity contribution in [1.29, 1.82) is 0 Å². The van der Waals surface area contributed by atoms with Gasteiger partial charge < -0.3 is 0 Å². The lowest BCUT2D eigenvalue weighted by molar-refractivity contribution is 1.25. The summed E-state index contributed by atoms with van der Waals surface area (Å²) in [4.78, 5) is 12.8. The standard InChI is InChI=1S/C15H10BrN3/c16-15-8-13(11-3-1-5-17-9-11)7-14(19-15)12-4-2-6-18-10-12/h1-10H. The van der Waals surface area contributed by atoms with E-state index in [1.807, 2.05) is 48.8 Å². The van der Waals surface area contributed by atoms with Crippen molar-refractivity contribution in [2.45, 2.75) is 0 Å². The molecule has 0 saturated carbocycles. The van der Waals surface area contributed by atoms with Gasteiger partial charge in [-0.1, -0.05) is 6.07 Å². The Labute approximate surface area is 119 Å². The highest BCUT2D eigenvalue weighted by molar-refractivity contribution is 9.10. The lowest BCUT2D eigenvalue weighted by Gasteiger charge is -2.06. The van der Waals surface area contributed by atoms with E-state index >= 15 is 0 Å². The minimum Gasteiger partial charge on any atom is -0.264 e. The number of hydrogen-bond acceptors (Lipinski definition) is 3. The smallest absolute Gasteiger partial charge is 0.107 e. The van der Waals surface area contributed by atoms with Crippen molar-refractivity contribution < 1.29 is 0 Å². The van der Waals surface area contributed by atoms with Crippen molar-refractivity contribution in [2.24, 2.45) is 0 Å². The number of nitrogens with zero attached hydrogens (tertiary/aromatic N) is 3. The molecule has 19 heavy (non-hydrogen) atoms. The van der Waals surface area contributed by atoms with Gasteiger partial charge in [-0.3, -0.25) is 9.97 Å². The van der Waals surface area contributed by atoms with Crippen LogP contribution in [0.2, 0.25) is 0 Å². The minimum absolute atomic E-state index is 0.799. The highest BCUT2D eigenvalue weighted by Gasteiger charge is 2.05. The summed E-state index contributed by atoms with van der Waals surface area (Å²) in [6, 6.07) is 11.9. The summed E-state index contributed by atoms with van der Waals surface area (Å²) in [6.07, 6.45) is 7.17. The summed E-state index contributed by atoms with van der Waals surface area (Å²) in [5.74, 6) is 0. The average molecular weight is 312 g/mol. The van der Waals surface area contributed by atoms with Crippen LogP contribution in [0.25, 0.3) is 22.4 Å². The van der Waals surface area contributed by atoms with Crippen LogP contribution >= 0.6 is 15.9 Å². The maximum atomic E-state index is 4.49. The molecular weight excluding hydrogens is 302 g/mol. The van der Waals surface area contributed by atoms with Crippen LogP contribution in [0, 0.1) is 0 Å². The lowest BCUT2D eigenvalue weighted by Crippen LogP contribution is -1.88. The third-order valence-electron chi connectivity index (χ3n) is 2.75. The molecule has 3 aromatic heterocycles. The number of aromatic nitrogens is 3. The number of hydrogen-bond donors (Lipinski definition) is 0. The molecule has 3 heterocycles. The largest absolute Gasteiger partial charge is 0.264 e. The van der Waals surface area contributed by atoms with Crippen molar-refractivity contribution in [3.63, 3.8) is 0 Å². The first-order chi connectivity index (χ1) is 9.33. The zero-order valence-corrected chi connectivity index (χ0v) is 11.6. The molecule has 0 aliphatic rings. The predicted molar refractivity (Wildman–Crippen MR) is 78.4 cm³/mol. The molecule has 3 nitrogen and oxygen atoms in total. The summed E-state index contributed by atoms with van der Waals surface area (Å²) < 4.78 is 0.799. The van der Waals surface area contributed by atoms with Gasteiger partial charge in [0.1, 0.15) is 4.60 Å². The molecule has 3 rings (SSSR count). The fourth-order valence-electron chi connectivity index (χ4n) is 1.86. The van der Waals surface area contributed by atoms with E-state index in [1.165, 1.54) is 0 Å². The summed E-state index contributed by atoms with van der Waals surface area (Å²) in [5, 5.41) is 0. The van der Waals surface area contributed by atoms with Crippen molar-refractivity contribution in [1.82, 2.24) is 15.0 Å². The van der Waals surface area contributed by atoms with E-state index in [-0.39, 0.29) is 0 Å². The second-order valence-corrected chi connectivity index (χ2v) is 4.86. The Kier molecular flexibility index (Phi) is 3.33. The van der Waals surface area contributed by atoms with Gasteiger partial charge in [-0.05, 0) is 51.8 Å². The molecule has 0 fully saturated rings. The third kappa shape index (κ3) is 2.69. The summed E-state index contributed by atoms with van der Waals surface area (Å²) in [7, 11) is 0. The predicted octanol–water partition coefficient (Wildman–Crippen LogP) is 3.97. The molecule has 0 spiro atoms. The van der Waals surface area contributed by atoms with Crippen molar-refractivity contribution in [2.75, 3.05) is 0 Å². The molecule has 0 saturated heterocycles. The normalized spacial score (nSPS) is 10.4. The van der Waals surface area contributed by atoms with E-state index in [2.05, 4.69) is 30.9 Å². The highest BCUT2D eigenvalue weighted by atomic mass is 79.9. The first-order valence-electron chi connectivity index (χ1n) is 5.81. The van der Waals surface area contributed by atoms with Gasteiger partial charge in [0.25, 0.3) is 0 Å². The van der Waals surface area contributed by atoms with Crippen LogP contribution in [0.3, 0.4) is 0 Å². The van der Waals surface area contributed by atoms with Gasteiger partial charge in [-0.25, -0.2) is 4.98 Å². The molecule has 92 valence electrons. The fraction of sp³-hybridized carbons (Fsp3) is 0. The Morgan fingerprint density at radius 2 is 1.47 bits per heavy atom. The molecule has 0 aromatic carbocycles. The summed E-state index contributed by atoms with van der Waals surface area (Å²) >= 11 is 3.46. The van der Waals surface area contributed by atoms with E-state index in [0.29, 0.717) is 0 Å². The maximum Gasteiger partial charge on any atom is 0.107 e. The molecule has 0 aliphatic carbocycles. The summed E-state index contributed by atoms with van der Waals surface area (Å²) in [5.41, 5.74) is 4.03. The molecule has 0 bridgehead atoms. The second kappa shape index (κ2) is 5.28. The average Bonchev–Trinajstić information content (AvgIpc) is 2.48. The molecule has 4 heteroatoms. The molecule has 0 atom stereocenters. The SMILES string of the molecule is Brc1cc(-c2cccnc2)cc(-c2cccnc2)n1. The van der Waals surface area contributed by atoms with Crippen LogP contribution < -0.4 is 0 Å². The van der Waals surface area contributed by atoms with Crippen molar-refractivity contribution in [3.8, 4) is 22.4 Å². The van der Waals surface area contributed by atoms with Gasteiger partial charge in [0.2, 0.25) is 0 Å². The van der Waals surface area contributed by atoms with Gasteiger partial charge in [0, 0.05) is 35.9 Å². The van der Waals surface area contributed by atoms with Crippen LogP contribution in [0.5, 0.6) is 0 Å². The Balaban J connectivity index is 2.12. The van der Waals surface area contributed by atoms with Gasteiger partial charge in [-0.15, -0.1) is 0 Å². The molecule has 0 unspecified atom stereocenters. The van der Waals surface area contributed by atoms with E-state index in [9.17, 15) is 0 Å². The Bertz CT molecular complexity index is 627. The highest BCUT2D eigenvalue weighted by Crippen LogP contribution is 2.26. The Morgan fingerprint density at radius 1 is 0.789 bits per heavy atom. The van der Waals surface area contributed by atoms with Crippen LogP contribution in [0.4, 0.5) is 0 Å². The molecule has 0 radical (unpaired) electrons. The molecule has 0 N–H and O–H groups in total. The van der Waals surface area contributed by atoms with Crippen LogP contribution in [0.15, 0.2) is 65.8 Å². The molecule has 0 amide bonds. The lowest BCUT2D eigenvalue weighted by atomic mass is 10.1. The van der Waals surface area contributed by atoms with Crippen LogP contribution in [-0.2, 0) is 0 Å². The monoisotopic (exact) mass is 311 g/mol. The first kappa shape index (κ1) is 12.0. The van der Waals surface area contributed by atoms with Gasteiger partial charge in [-0.2, -0.15) is 0 Å². The van der Waals surface area contributed by atoms with E-state index < -0.39 is 0 Å².